The van der Waals surface area contributed by atoms with Gasteiger partial charge in [0.2, 0.25) is 5.91 Å². The third-order valence-corrected chi connectivity index (χ3v) is 7.15. The van der Waals surface area contributed by atoms with Gasteiger partial charge in [0.05, 0.1) is 40.2 Å². The van der Waals surface area contributed by atoms with E-state index >= 15 is 0 Å². The summed E-state index contributed by atoms with van der Waals surface area (Å²) in [6, 6.07) is 20.9. The molecule has 0 bridgehead atoms. The van der Waals surface area contributed by atoms with Crippen molar-refractivity contribution in [2.75, 3.05) is 16.4 Å². The zero-order chi connectivity index (χ0) is 26.4. The quantitative estimate of drug-likeness (QED) is 0.349. The summed E-state index contributed by atoms with van der Waals surface area (Å²) in [5, 5.41) is 19.8. The Morgan fingerprint density at radius 2 is 1.76 bits per heavy atom. The van der Waals surface area contributed by atoms with Crippen LogP contribution in [0.1, 0.15) is 36.7 Å². The van der Waals surface area contributed by atoms with Crippen LogP contribution in [-0.2, 0) is 16.0 Å². The van der Waals surface area contributed by atoms with E-state index in [1.54, 1.807) is 19.1 Å². The molecule has 7 nitrogen and oxygen atoms in total. The number of benzene rings is 2. The van der Waals surface area contributed by atoms with Crippen LogP contribution in [0.15, 0.2) is 93.2 Å². The highest BCUT2D eigenvalue weighted by atomic mass is 32.2. The Labute approximate surface area is 220 Å². The van der Waals surface area contributed by atoms with Crippen LogP contribution in [0.25, 0.3) is 0 Å². The molecule has 0 saturated heterocycles. The average Bonchev–Trinajstić information content (AvgIpc) is 3.43. The van der Waals surface area contributed by atoms with Crippen molar-refractivity contribution in [2.45, 2.75) is 33.1 Å². The van der Waals surface area contributed by atoms with Gasteiger partial charge in [0.25, 0.3) is 5.91 Å². The predicted molar refractivity (Wildman–Crippen MR) is 147 cm³/mol. The number of nitrogens with one attached hydrogen (secondary N) is 3. The van der Waals surface area contributed by atoms with Crippen LogP contribution in [-0.4, -0.2) is 17.6 Å². The first kappa shape index (κ1) is 25.9. The van der Waals surface area contributed by atoms with Gasteiger partial charge in [-0.1, -0.05) is 55.1 Å². The molecule has 3 N–H and O–H groups in total. The van der Waals surface area contributed by atoms with Gasteiger partial charge in [-0.25, -0.2) is 0 Å². The summed E-state index contributed by atoms with van der Waals surface area (Å²) in [6.45, 7) is 5.74. The minimum atomic E-state index is -0.711. The third-order valence-electron chi connectivity index (χ3n) is 6.13. The highest BCUT2D eigenvalue weighted by molar-refractivity contribution is 8.03. The van der Waals surface area contributed by atoms with Crippen molar-refractivity contribution in [2.24, 2.45) is 0 Å². The molecule has 0 fully saturated rings. The fourth-order valence-electron chi connectivity index (χ4n) is 4.24. The first-order valence-electron chi connectivity index (χ1n) is 12.0. The highest BCUT2D eigenvalue weighted by Crippen LogP contribution is 2.41. The summed E-state index contributed by atoms with van der Waals surface area (Å²) in [5.41, 5.74) is 4.75. The largest absolute Gasteiger partial charge is 0.468 e. The van der Waals surface area contributed by atoms with Gasteiger partial charge in [-0.2, -0.15) is 5.26 Å². The van der Waals surface area contributed by atoms with Crippen molar-refractivity contribution in [3.05, 3.63) is 106 Å². The minimum Gasteiger partial charge on any atom is -0.468 e. The van der Waals surface area contributed by atoms with Gasteiger partial charge in [0.1, 0.15) is 5.76 Å². The van der Waals surface area contributed by atoms with Crippen LogP contribution in [0, 0.1) is 18.3 Å². The van der Waals surface area contributed by atoms with E-state index in [1.165, 1.54) is 18.0 Å². The maximum Gasteiger partial charge on any atom is 0.254 e. The molecule has 0 saturated carbocycles. The monoisotopic (exact) mass is 512 g/mol. The van der Waals surface area contributed by atoms with Crippen LogP contribution in [0.5, 0.6) is 0 Å². The lowest BCUT2D eigenvalue weighted by molar-refractivity contribution is -0.114. The molecule has 37 heavy (non-hydrogen) atoms. The summed E-state index contributed by atoms with van der Waals surface area (Å²) >= 11 is 1.22. The van der Waals surface area contributed by atoms with Crippen LogP contribution in [0.3, 0.4) is 0 Å². The Kier molecular flexibility index (Phi) is 8.16. The standard InChI is InChI=1S/C29H28N4O3S/c1-4-20-11-6-8-13-23(20)32-25(34)17-37-29-21(16-30)27(24-14-9-15-36-24)26(19(3)31-29)28(35)33-22-12-7-5-10-18(22)2/h5-15,27,31H,4,17H2,1-3H3,(H,32,34)(H,33,35)/t27-/m1/s1. The van der Waals surface area contributed by atoms with E-state index in [2.05, 4.69) is 22.0 Å². The van der Waals surface area contributed by atoms with E-state index in [9.17, 15) is 14.9 Å². The molecular formula is C29H28N4O3S. The summed E-state index contributed by atoms with van der Waals surface area (Å²) in [7, 11) is 0. The number of rotatable bonds is 8. The lowest BCUT2D eigenvalue weighted by Crippen LogP contribution is -2.31. The Bertz CT molecular complexity index is 1420. The first-order valence-corrected chi connectivity index (χ1v) is 12.9. The van der Waals surface area contributed by atoms with E-state index in [-0.39, 0.29) is 17.6 Å². The zero-order valence-corrected chi connectivity index (χ0v) is 21.7. The number of hydrogen-bond acceptors (Lipinski definition) is 6. The Morgan fingerprint density at radius 1 is 1.03 bits per heavy atom. The van der Waals surface area contributed by atoms with E-state index in [0.29, 0.717) is 33.3 Å². The zero-order valence-electron chi connectivity index (χ0n) is 20.9. The molecule has 1 aliphatic rings. The summed E-state index contributed by atoms with van der Waals surface area (Å²) in [6.07, 6.45) is 2.32. The number of amides is 2. The number of aryl methyl sites for hydroxylation is 2. The molecule has 8 heteroatoms. The van der Waals surface area contributed by atoms with Crippen LogP contribution in [0.2, 0.25) is 0 Å². The van der Waals surface area contributed by atoms with Crippen molar-refractivity contribution in [3.63, 3.8) is 0 Å². The van der Waals surface area contributed by atoms with Crippen molar-refractivity contribution in [1.29, 1.82) is 5.26 Å². The number of para-hydroxylation sites is 2. The number of dihydropyridines is 1. The maximum atomic E-state index is 13.5. The summed E-state index contributed by atoms with van der Waals surface area (Å²) in [5.74, 6) is -0.652. The highest BCUT2D eigenvalue weighted by Gasteiger charge is 2.36. The number of nitrogens with zero attached hydrogens (tertiary/aromatic N) is 1. The molecule has 0 unspecified atom stereocenters. The van der Waals surface area contributed by atoms with E-state index in [0.717, 1.165) is 23.2 Å². The van der Waals surface area contributed by atoms with Gasteiger partial charge in [-0.3, -0.25) is 9.59 Å². The van der Waals surface area contributed by atoms with Gasteiger partial charge >= 0.3 is 0 Å². The molecule has 3 aromatic rings. The molecule has 1 aromatic heterocycles. The number of nitriles is 1. The third kappa shape index (κ3) is 5.79. The number of hydrogen-bond donors (Lipinski definition) is 3. The fraction of sp³-hybridized carbons (Fsp3) is 0.207. The normalized spacial score (nSPS) is 15.1. The van der Waals surface area contributed by atoms with Gasteiger partial charge in [0, 0.05) is 17.1 Å². The number of anilines is 2. The van der Waals surface area contributed by atoms with Gasteiger partial charge in [-0.15, -0.1) is 0 Å². The second-order valence-corrected chi connectivity index (χ2v) is 9.57. The number of carbonyl (C=O) groups is 2. The molecule has 0 radical (unpaired) electrons. The molecule has 1 atom stereocenters. The molecule has 0 aliphatic carbocycles. The molecule has 4 rings (SSSR count). The SMILES string of the molecule is CCc1ccccc1NC(=O)CSC1=C(C#N)[C@H](c2ccco2)C(C(=O)Nc2ccccc2C)=C(C)N1. The molecular weight excluding hydrogens is 484 g/mol. The second-order valence-electron chi connectivity index (χ2n) is 8.58. The van der Waals surface area contributed by atoms with Gasteiger partial charge in [-0.05, 0) is 55.7 Å². The topological polar surface area (TPSA) is 107 Å². The number of thioether (sulfide) groups is 1. The van der Waals surface area contributed by atoms with Gasteiger partial charge in [0.15, 0.2) is 0 Å². The number of carbonyl (C=O) groups excluding carboxylic acids is 2. The Morgan fingerprint density at radius 3 is 2.43 bits per heavy atom. The lowest BCUT2D eigenvalue weighted by atomic mass is 9.85. The van der Waals surface area contributed by atoms with E-state index in [4.69, 9.17) is 4.42 Å². The van der Waals surface area contributed by atoms with E-state index < -0.39 is 5.92 Å². The summed E-state index contributed by atoms with van der Waals surface area (Å²) in [4.78, 5) is 26.2. The molecule has 2 aromatic carbocycles. The van der Waals surface area contributed by atoms with Crippen molar-refractivity contribution >= 4 is 35.0 Å². The fourth-order valence-corrected chi connectivity index (χ4v) is 5.14. The number of allylic oxidation sites excluding steroid dienone is 2. The molecule has 2 heterocycles. The summed E-state index contributed by atoms with van der Waals surface area (Å²) < 4.78 is 5.67. The van der Waals surface area contributed by atoms with Crippen molar-refractivity contribution < 1.29 is 14.0 Å². The Balaban J connectivity index is 1.59. The predicted octanol–water partition coefficient (Wildman–Crippen LogP) is 5.86. The lowest BCUT2D eigenvalue weighted by Gasteiger charge is -2.28. The average molecular weight is 513 g/mol. The van der Waals surface area contributed by atoms with Gasteiger partial charge < -0.3 is 20.4 Å². The molecule has 2 amide bonds. The maximum absolute atomic E-state index is 13.5. The number of furan rings is 1. The first-order chi connectivity index (χ1) is 17.9. The molecule has 0 spiro atoms. The van der Waals surface area contributed by atoms with Crippen molar-refractivity contribution in [1.82, 2.24) is 5.32 Å². The van der Waals surface area contributed by atoms with Crippen molar-refractivity contribution in [3.8, 4) is 6.07 Å². The second kappa shape index (κ2) is 11.7. The van der Waals surface area contributed by atoms with E-state index in [1.807, 2.05) is 62.4 Å². The van der Waals surface area contributed by atoms with Crippen LogP contribution >= 0.6 is 11.8 Å². The Hall–Kier alpha value is -4.22. The van der Waals surface area contributed by atoms with Crippen LogP contribution in [0.4, 0.5) is 11.4 Å². The minimum absolute atomic E-state index is 0.0917. The van der Waals surface area contributed by atoms with Crippen LogP contribution < -0.4 is 16.0 Å². The molecule has 1 aliphatic heterocycles. The smallest absolute Gasteiger partial charge is 0.254 e. The molecule has 188 valence electrons.